The van der Waals surface area contributed by atoms with Crippen molar-refractivity contribution in [2.45, 2.75) is 23.9 Å². The molecule has 2 atom stereocenters. The zero-order valence-corrected chi connectivity index (χ0v) is 33.0. The molecule has 1 saturated heterocycles. The van der Waals surface area contributed by atoms with Crippen LogP contribution in [-0.2, 0) is 25.5 Å². The highest BCUT2D eigenvalue weighted by molar-refractivity contribution is 8.00. The van der Waals surface area contributed by atoms with Gasteiger partial charge in [0.1, 0.15) is 40.3 Å². The van der Waals surface area contributed by atoms with E-state index >= 15 is 0 Å². The number of β-lactam (4-membered cyclic amide) rings is 1. The van der Waals surface area contributed by atoms with Crippen LogP contribution in [0.2, 0.25) is 0 Å². The number of nitrogens with one attached hydrogen (secondary N) is 1. The van der Waals surface area contributed by atoms with E-state index in [0.29, 0.717) is 11.9 Å². The number of carbonyl (C=O) groups is 3. The van der Waals surface area contributed by atoms with Crippen LogP contribution >= 0.6 is 30.4 Å². The molecule has 0 unspecified atom stereocenters. The molecule has 0 saturated carbocycles. The quantitative estimate of drug-likeness (QED) is 0.114. The van der Waals surface area contributed by atoms with E-state index in [1.807, 2.05) is 96.4 Å². The minimum atomic E-state index is -2.45. The Labute approximate surface area is 336 Å². The molecule has 10 heteroatoms. The number of halogens is 1. The van der Waals surface area contributed by atoms with E-state index in [0.717, 1.165) is 21.6 Å². The molecule has 1 N–H and O–H groups in total. The summed E-state index contributed by atoms with van der Waals surface area (Å²) >= 11 is 3.09. The molecule has 0 aliphatic carbocycles. The van der Waals surface area contributed by atoms with Gasteiger partial charge in [-0.1, -0.05) is 121 Å². The fraction of sp³-hybridized carbons (Fsp3) is 0.133. The molecule has 3 heterocycles. The van der Waals surface area contributed by atoms with Gasteiger partial charge in [-0.3, -0.25) is 14.5 Å². The van der Waals surface area contributed by atoms with E-state index in [9.17, 15) is 14.4 Å². The summed E-state index contributed by atoms with van der Waals surface area (Å²) in [7, 11) is -2.45. The molecule has 5 aromatic carbocycles. The highest BCUT2D eigenvalue weighted by Crippen LogP contribution is 2.58. The summed E-state index contributed by atoms with van der Waals surface area (Å²) in [6, 6.07) is 54.0. The van der Waals surface area contributed by atoms with Gasteiger partial charge >= 0.3 is 5.97 Å². The smallest absolute Gasteiger partial charge is 0.356 e. The van der Waals surface area contributed by atoms with E-state index in [2.05, 4.69) is 78.1 Å². The first-order valence-corrected chi connectivity index (χ1v) is 21.8. The fourth-order valence-corrected chi connectivity index (χ4v) is 13.9. The molecule has 0 spiro atoms. The summed E-state index contributed by atoms with van der Waals surface area (Å²) in [4.78, 5) is 44.9. The maximum Gasteiger partial charge on any atom is 0.356 e. The van der Waals surface area contributed by atoms with Crippen LogP contribution in [-0.4, -0.2) is 46.0 Å². The third kappa shape index (κ3) is 7.78. The molecule has 0 radical (unpaired) electrons. The molecule has 2 aliphatic heterocycles. The maximum atomic E-state index is 15.0. The standard InChI is InChI=1S/C45H37N2O4PS2.ClH/c48-39(29-38-27-16-28-53-38)46-40-43(49)47-41(45(50)51-42(32-17-6-1-7-18-32)33-19-8-2-9-20-33)34(31-54-44(40)47)30-52(35-21-10-3-11-22-35,36-23-12-4-13-24-36)37-25-14-5-15-26-37;/h1-28,40,42,44H,29-31H2;1H/t40-,44+;/m1./s1. The van der Waals surface area contributed by atoms with Gasteiger partial charge in [-0.05, 0) is 59.0 Å². The van der Waals surface area contributed by atoms with Crippen molar-refractivity contribution in [3.63, 3.8) is 0 Å². The lowest BCUT2D eigenvalue weighted by atomic mass is 10.0. The normalized spacial score (nSPS) is 16.5. The molecular weight excluding hydrogens is 763 g/mol. The number of fused-ring (bicyclic) bond motifs is 1. The van der Waals surface area contributed by atoms with Crippen LogP contribution in [0, 0.1) is 0 Å². The Hall–Kier alpha value is -4.98. The monoisotopic (exact) mass is 800 g/mol. The number of rotatable bonds is 12. The second kappa shape index (κ2) is 17.2. The third-order valence-electron chi connectivity index (χ3n) is 9.92. The van der Waals surface area contributed by atoms with E-state index in [1.54, 1.807) is 16.7 Å². The number of hydrogen-bond acceptors (Lipinski definition) is 6. The average molecular weight is 801 g/mol. The average Bonchev–Trinajstić information content (AvgIpc) is 3.75. The zero-order valence-electron chi connectivity index (χ0n) is 29.7. The first kappa shape index (κ1) is 38.3. The van der Waals surface area contributed by atoms with Crippen molar-refractivity contribution in [2.75, 3.05) is 11.9 Å². The third-order valence-corrected chi connectivity index (χ3v) is 16.5. The van der Waals surface area contributed by atoms with Gasteiger partial charge in [0.2, 0.25) is 5.91 Å². The van der Waals surface area contributed by atoms with Crippen LogP contribution in [0.5, 0.6) is 0 Å². The van der Waals surface area contributed by atoms with Crippen LogP contribution < -0.4 is 33.6 Å². The number of thioether (sulfide) groups is 1. The predicted molar refractivity (Wildman–Crippen MR) is 221 cm³/mol. The van der Waals surface area contributed by atoms with E-state index in [-0.39, 0.29) is 36.3 Å². The molecule has 276 valence electrons. The van der Waals surface area contributed by atoms with Gasteiger partial charge in [-0.2, -0.15) is 0 Å². The zero-order chi connectivity index (χ0) is 36.9. The Morgan fingerprint density at radius 2 is 1.20 bits per heavy atom. The highest BCUT2D eigenvalue weighted by Gasteiger charge is 2.57. The topological polar surface area (TPSA) is 75.7 Å². The Morgan fingerprint density at radius 1 is 0.709 bits per heavy atom. The fourth-order valence-electron chi connectivity index (χ4n) is 7.39. The van der Waals surface area contributed by atoms with Gasteiger partial charge in [0.15, 0.2) is 6.10 Å². The van der Waals surface area contributed by atoms with Crippen molar-refractivity contribution >= 4 is 64.1 Å². The molecule has 2 amide bonds. The molecule has 0 bridgehead atoms. The summed E-state index contributed by atoms with van der Waals surface area (Å²) in [5, 5.41) is 8.00. The van der Waals surface area contributed by atoms with Gasteiger partial charge in [0, 0.05) is 16.2 Å². The van der Waals surface area contributed by atoms with Crippen LogP contribution in [0.25, 0.3) is 0 Å². The summed E-state index contributed by atoms with van der Waals surface area (Å²) < 4.78 is 6.54. The number of ether oxygens (including phenoxy) is 1. The van der Waals surface area contributed by atoms with Crippen LogP contribution in [0.3, 0.4) is 0 Å². The first-order valence-electron chi connectivity index (χ1n) is 17.9. The van der Waals surface area contributed by atoms with E-state index in [1.165, 1.54) is 27.3 Å². The minimum absolute atomic E-state index is 0. The van der Waals surface area contributed by atoms with Crippen molar-refractivity contribution in [3.8, 4) is 0 Å². The number of esters is 1. The summed E-state index contributed by atoms with van der Waals surface area (Å²) in [6.45, 7) is 0. The first-order chi connectivity index (χ1) is 26.5. The SMILES string of the molecule is O=C(Cc1cccs1)N[C@@H]1C(=O)N2C(C(=O)OC(c3ccccc3)c3ccccc3)=C(C[P+](c3ccccc3)(c3ccccc3)c3ccccc3)CS[C@@H]12.[Cl-]. The lowest BCUT2D eigenvalue weighted by Crippen LogP contribution is -3.00. The molecule has 8 rings (SSSR count). The van der Waals surface area contributed by atoms with Crippen molar-refractivity contribution in [3.05, 3.63) is 196 Å². The molecule has 55 heavy (non-hydrogen) atoms. The predicted octanol–water partition coefficient (Wildman–Crippen LogP) is 4.28. The summed E-state index contributed by atoms with van der Waals surface area (Å²) in [5.74, 6) is -0.594. The number of nitrogens with zero attached hydrogens (tertiary/aromatic N) is 1. The number of hydrogen-bond donors (Lipinski definition) is 1. The lowest BCUT2D eigenvalue weighted by molar-refractivity contribution is -0.154. The minimum Gasteiger partial charge on any atom is -1.00 e. The number of carbonyl (C=O) groups excluding carboxylic acids is 3. The molecule has 1 fully saturated rings. The van der Waals surface area contributed by atoms with Gasteiger partial charge in [-0.25, -0.2) is 4.79 Å². The lowest BCUT2D eigenvalue weighted by Gasteiger charge is -2.50. The Balaban J connectivity index is 0.00000465. The van der Waals surface area contributed by atoms with Crippen LogP contribution in [0.1, 0.15) is 22.1 Å². The summed E-state index contributed by atoms with van der Waals surface area (Å²) in [5.41, 5.74) is 2.78. The van der Waals surface area contributed by atoms with E-state index < -0.39 is 30.8 Å². The van der Waals surface area contributed by atoms with Gasteiger partial charge in [0.05, 0.1) is 12.6 Å². The molecular formula is C45H38ClN2O4PS2. The van der Waals surface area contributed by atoms with Crippen LogP contribution in [0.4, 0.5) is 0 Å². The van der Waals surface area contributed by atoms with Gasteiger partial charge in [0.25, 0.3) is 5.91 Å². The number of benzene rings is 5. The molecule has 2 aliphatic rings. The second-order valence-corrected chi connectivity index (χ2v) is 18.9. The largest absolute Gasteiger partial charge is 1.00 e. The Morgan fingerprint density at radius 3 is 1.67 bits per heavy atom. The van der Waals surface area contributed by atoms with Crippen molar-refractivity contribution in [1.82, 2.24) is 10.2 Å². The summed E-state index contributed by atoms with van der Waals surface area (Å²) in [6.07, 6.45) is 0.0229. The molecule has 6 aromatic rings. The molecule has 1 aromatic heterocycles. The van der Waals surface area contributed by atoms with Crippen molar-refractivity contribution in [2.24, 2.45) is 0 Å². The number of amides is 2. The van der Waals surface area contributed by atoms with Crippen molar-refractivity contribution in [1.29, 1.82) is 0 Å². The number of thiophene rings is 1. The maximum absolute atomic E-state index is 15.0. The van der Waals surface area contributed by atoms with Gasteiger partial charge in [-0.15, -0.1) is 23.1 Å². The van der Waals surface area contributed by atoms with Gasteiger partial charge < -0.3 is 22.5 Å². The van der Waals surface area contributed by atoms with Crippen LogP contribution in [0.15, 0.2) is 180 Å². The second-order valence-electron chi connectivity index (χ2n) is 13.2. The Bertz CT molecular complexity index is 2130. The molecule has 6 nitrogen and oxygen atoms in total. The van der Waals surface area contributed by atoms with Crippen molar-refractivity contribution < 1.29 is 31.5 Å². The van der Waals surface area contributed by atoms with E-state index in [4.69, 9.17) is 4.74 Å². The Kier molecular flexibility index (Phi) is 12.0. The highest BCUT2D eigenvalue weighted by atomic mass is 35.5.